The number of hydrogen-bond donors (Lipinski definition) is 0. The van der Waals surface area contributed by atoms with Crippen LogP contribution in [0.3, 0.4) is 0 Å². The number of ether oxygens (including phenoxy) is 1. The molecule has 0 fully saturated rings. The van der Waals surface area contributed by atoms with Gasteiger partial charge in [-0.1, -0.05) is 68.1 Å². The second-order valence-electron chi connectivity index (χ2n) is 7.53. The predicted molar refractivity (Wildman–Crippen MR) is 148 cm³/mol. The van der Waals surface area contributed by atoms with Gasteiger partial charge in [0.2, 0.25) is 5.75 Å². The summed E-state index contributed by atoms with van der Waals surface area (Å²) in [6.07, 6.45) is 1.78. The summed E-state index contributed by atoms with van der Waals surface area (Å²) in [6, 6.07) is 13.0. The molecular weight excluding hydrogens is 639 g/mol. The molecule has 4 aromatic rings. The van der Waals surface area contributed by atoms with Gasteiger partial charge in [-0.15, -0.1) is 0 Å². The molecule has 0 amide bonds. The Labute approximate surface area is 231 Å². The van der Waals surface area contributed by atoms with Crippen molar-refractivity contribution >= 4 is 77.9 Å². The van der Waals surface area contributed by atoms with Gasteiger partial charge >= 0.3 is 5.69 Å². The molecular formula is C24H16Br2Cl2N4O4. The molecule has 0 unspecified atom stereocenters. The summed E-state index contributed by atoms with van der Waals surface area (Å²) in [5, 5.41) is 17.4. The Morgan fingerprint density at radius 2 is 1.92 bits per heavy atom. The first-order chi connectivity index (χ1) is 17.2. The lowest BCUT2D eigenvalue weighted by atomic mass is 10.2. The number of aryl methyl sites for hydroxylation is 1. The quantitative estimate of drug-likeness (QED) is 0.120. The van der Waals surface area contributed by atoms with E-state index < -0.39 is 4.92 Å². The van der Waals surface area contributed by atoms with Crippen LogP contribution in [-0.4, -0.2) is 20.8 Å². The van der Waals surface area contributed by atoms with Crippen LogP contribution < -0.4 is 10.3 Å². The van der Waals surface area contributed by atoms with Crippen molar-refractivity contribution in [3.63, 3.8) is 0 Å². The molecule has 1 heterocycles. The standard InChI is InChI=1S/C24H16Br2Cl2N4O4/c1-2-22-30-20-6-4-15(25)8-18(20)24(33)31(22)29-11-14-7-16(26)9-21(32(34)35)23(14)36-12-13-3-5-17(27)10-19(13)28/h3-11H,2,12H2,1H3. The normalized spacial score (nSPS) is 11.4. The summed E-state index contributed by atoms with van der Waals surface area (Å²) < 4.78 is 8.21. The Balaban J connectivity index is 1.80. The van der Waals surface area contributed by atoms with E-state index >= 15 is 0 Å². The molecule has 0 aliphatic heterocycles. The van der Waals surface area contributed by atoms with Gasteiger partial charge in [-0.25, -0.2) is 4.98 Å². The molecule has 36 heavy (non-hydrogen) atoms. The number of rotatable bonds is 7. The van der Waals surface area contributed by atoms with Gasteiger partial charge < -0.3 is 4.74 Å². The fourth-order valence-electron chi connectivity index (χ4n) is 3.44. The summed E-state index contributed by atoms with van der Waals surface area (Å²) in [5.41, 5.74) is 0.779. The molecule has 0 aliphatic carbocycles. The SMILES string of the molecule is CCc1nc2ccc(Br)cc2c(=O)n1N=Cc1cc(Br)cc([N+](=O)[O-])c1OCc1ccc(Cl)cc1Cl. The molecule has 0 radical (unpaired) electrons. The minimum atomic E-state index is -0.556. The average Bonchev–Trinajstić information content (AvgIpc) is 2.83. The van der Waals surface area contributed by atoms with Crippen molar-refractivity contribution in [2.45, 2.75) is 20.0 Å². The molecule has 0 N–H and O–H groups in total. The summed E-state index contributed by atoms with van der Waals surface area (Å²) in [7, 11) is 0. The van der Waals surface area contributed by atoms with E-state index in [4.69, 9.17) is 27.9 Å². The van der Waals surface area contributed by atoms with Crippen LogP contribution in [0.2, 0.25) is 10.0 Å². The number of fused-ring (bicyclic) bond motifs is 1. The molecule has 4 rings (SSSR count). The third-order valence-electron chi connectivity index (χ3n) is 5.15. The first-order valence-electron chi connectivity index (χ1n) is 10.5. The van der Waals surface area contributed by atoms with E-state index in [9.17, 15) is 14.9 Å². The first kappa shape index (κ1) is 26.3. The molecule has 0 bridgehead atoms. The number of nitro groups is 1. The van der Waals surface area contributed by atoms with E-state index in [1.807, 2.05) is 6.92 Å². The number of hydrogen-bond acceptors (Lipinski definition) is 6. The Hall–Kier alpha value is -2.79. The van der Waals surface area contributed by atoms with Gasteiger partial charge in [-0.05, 0) is 36.4 Å². The Bertz CT molecular complexity index is 1590. The van der Waals surface area contributed by atoms with Crippen LogP contribution in [0, 0.1) is 10.1 Å². The van der Waals surface area contributed by atoms with Gasteiger partial charge in [-0.3, -0.25) is 14.9 Å². The largest absolute Gasteiger partial charge is 0.481 e. The van der Waals surface area contributed by atoms with Crippen LogP contribution in [0.1, 0.15) is 23.9 Å². The highest BCUT2D eigenvalue weighted by molar-refractivity contribution is 9.10. The third kappa shape index (κ3) is 5.62. The highest BCUT2D eigenvalue weighted by atomic mass is 79.9. The monoisotopic (exact) mass is 652 g/mol. The summed E-state index contributed by atoms with van der Waals surface area (Å²) >= 11 is 18.9. The fraction of sp³-hybridized carbons (Fsp3) is 0.125. The molecule has 12 heteroatoms. The van der Waals surface area contributed by atoms with E-state index in [0.29, 0.717) is 43.2 Å². The summed E-state index contributed by atoms with van der Waals surface area (Å²) in [6.45, 7) is 1.80. The fourth-order valence-corrected chi connectivity index (χ4v) is 4.73. The highest BCUT2D eigenvalue weighted by Crippen LogP contribution is 2.35. The van der Waals surface area contributed by atoms with E-state index in [1.54, 1.807) is 42.5 Å². The number of nitro benzene ring substituents is 1. The number of nitrogens with zero attached hydrogens (tertiary/aromatic N) is 4. The van der Waals surface area contributed by atoms with Crippen LogP contribution >= 0.6 is 55.1 Å². The average molecular weight is 655 g/mol. The zero-order chi connectivity index (χ0) is 26.0. The van der Waals surface area contributed by atoms with Gasteiger partial charge in [-0.2, -0.15) is 9.78 Å². The lowest BCUT2D eigenvalue weighted by molar-refractivity contribution is -0.386. The van der Waals surface area contributed by atoms with Crippen molar-refractivity contribution in [2.24, 2.45) is 5.10 Å². The van der Waals surface area contributed by atoms with Crippen molar-refractivity contribution in [3.05, 3.63) is 105 Å². The molecule has 0 atom stereocenters. The second kappa shape index (κ2) is 11.1. The number of halogens is 4. The molecule has 8 nitrogen and oxygen atoms in total. The smallest absolute Gasteiger partial charge is 0.312 e. The molecule has 3 aromatic carbocycles. The molecule has 1 aromatic heterocycles. The lowest BCUT2D eigenvalue weighted by Crippen LogP contribution is -2.22. The van der Waals surface area contributed by atoms with Crippen LogP contribution in [0.5, 0.6) is 5.75 Å². The first-order valence-corrected chi connectivity index (χ1v) is 12.8. The van der Waals surface area contributed by atoms with Crippen molar-refractivity contribution in [1.82, 2.24) is 9.66 Å². The van der Waals surface area contributed by atoms with E-state index in [0.717, 1.165) is 4.47 Å². The van der Waals surface area contributed by atoms with Crippen molar-refractivity contribution in [2.75, 3.05) is 0 Å². The van der Waals surface area contributed by atoms with Crippen molar-refractivity contribution in [3.8, 4) is 5.75 Å². The lowest BCUT2D eigenvalue weighted by Gasteiger charge is -2.12. The zero-order valence-electron chi connectivity index (χ0n) is 18.5. The zero-order valence-corrected chi connectivity index (χ0v) is 23.2. The third-order valence-corrected chi connectivity index (χ3v) is 6.69. The minimum absolute atomic E-state index is 0.0273. The minimum Gasteiger partial charge on any atom is -0.481 e. The second-order valence-corrected chi connectivity index (χ2v) is 10.2. The van der Waals surface area contributed by atoms with Gasteiger partial charge in [0, 0.05) is 42.6 Å². The predicted octanol–water partition coefficient (Wildman–Crippen LogP) is 7.16. The Morgan fingerprint density at radius 1 is 1.14 bits per heavy atom. The molecule has 0 saturated heterocycles. The highest BCUT2D eigenvalue weighted by Gasteiger charge is 2.21. The summed E-state index contributed by atoms with van der Waals surface area (Å²) in [4.78, 5) is 29.0. The van der Waals surface area contributed by atoms with Crippen LogP contribution in [0.4, 0.5) is 5.69 Å². The van der Waals surface area contributed by atoms with Gasteiger partial charge in [0.15, 0.2) is 0 Å². The van der Waals surface area contributed by atoms with Gasteiger partial charge in [0.1, 0.15) is 12.4 Å². The molecule has 184 valence electrons. The van der Waals surface area contributed by atoms with Crippen molar-refractivity contribution < 1.29 is 9.66 Å². The van der Waals surface area contributed by atoms with Crippen LogP contribution in [0.25, 0.3) is 10.9 Å². The van der Waals surface area contributed by atoms with Gasteiger partial charge in [0.05, 0.1) is 22.0 Å². The van der Waals surface area contributed by atoms with E-state index in [1.165, 1.54) is 17.0 Å². The summed E-state index contributed by atoms with van der Waals surface area (Å²) in [5.74, 6) is 0.409. The van der Waals surface area contributed by atoms with Crippen molar-refractivity contribution in [1.29, 1.82) is 0 Å². The Morgan fingerprint density at radius 3 is 2.61 bits per heavy atom. The molecule has 0 spiro atoms. The maximum Gasteiger partial charge on any atom is 0.312 e. The number of aromatic nitrogens is 2. The van der Waals surface area contributed by atoms with Gasteiger partial charge in [0.25, 0.3) is 5.56 Å². The topological polar surface area (TPSA) is 99.6 Å². The van der Waals surface area contributed by atoms with E-state index in [2.05, 4.69) is 41.9 Å². The Kier molecular flexibility index (Phi) is 8.09. The number of benzene rings is 3. The maximum atomic E-state index is 13.2. The van der Waals surface area contributed by atoms with Crippen LogP contribution in [-0.2, 0) is 13.0 Å². The van der Waals surface area contributed by atoms with Crippen LogP contribution in [0.15, 0.2) is 67.4 Å². The maximum absolute atomic E-state index is 13.2. The molecule has 0 saturated carbocycles. The van der Waals surface area contributed by atoms with E-state index in [-0.39, 0.29) is 29.2 Å². The molecule has 0 aliphatic rings.